The molecule has 0 bridgehead atoms. The lowest BCUT2D eigenvalue weighted by Crippen LogP contribution is -2.16. The molecule has 1 aliphatic heterocycles. The summed E-state index contributed by atoms with van der Waals surface area (Å²) in [7, 11) is 0. The van der Waals surface area contributed by atoms with Crippen LogP contribution in [0.1, 0.15) is 29.2 Å². The molecule has 1 unspecified atom stereocenters. The molecule has 7 nitrogen and oxygen atoms in total. The molecule has 2 atom stereocenters. The lowest BCUT2D eigenvalue weighted by Gasteiger charge is -2.15. The highest BCUT2D eigenvalue weighted by molar-refractivity contribution is 5.98. The van der Waals surface area contributed by atoms with Crippen LogP contribution < -0.4 is 10.5 Å². The summed E-state index contributed by atoms with van der Waals surface area (Å²) in [5.74, 6) is -0.842. The fraction of sp³-hybridized carbons (Fsp3) is 0.273. The van der Waals surface area contributed by atoms with Gasteiger partial charge in [0, 0.05) is 35.0 Å². The molecule has 1 aromatic heterocycles. The second-order valence-corrected chi connectivity index (χ2v) is 7.28. The van der Waals surface area contributed by atoms with E-state index in [1.54, 1.807) is 18.2 Å². The van der Waals surface area contributed by atoms with E-state index in [2.05, 4.69) is 4.98 Å². The Morgan fingerprint density at radius 2 is 1.97 bits per heavy atom. The highest BCUT2D eigenvalue weighted by Gasteiger charge is 2.22. The van der Waals surface area contributed by atoms with Crippen molar-refractivity contribution in [2.45, 2.75) is 24.9 Å². The van der Waals surface area contributed by atoms with Crippen molar-refractivity contribution < 1.29 is 19.4 Å². The molecule has 0 radical (unpaired) electrons. The minimum Gasteiger partial charge on any atom is -0.488 e. The molecule has 31 heavy (non-hydrogen) atoms. The van der Waals surface area contributed by atoms with E-state index in [1.165, 1.54) is 0 Å². The van der Waals surface area contributed by atoms with E-state index in [9.17, 15) is 9.90 Å². The molecule has 2 heterocycles. The van der Waals surface area contributed by atoms with E-state index in [-0.39, 0.29) is 36.8 Å². The van der Waals surface area contributed by atoms with Gasteiger partial charge in [0.2, 0.25) is 0 Å². The van der Waals surface area contributed by atoms with E-state index < -0.39 is 11.9 Å². The molecule has 0 amide bonds. The number of carboxylic acids is 1. The summed E-state index contributed by atoms with van der Waals surface area (Å²) < 4.78 is 11.2. The van der Waals surface area contributed by atoms with Crippen molar-refractivity contribution >= 4 is 47.5 Å². The van der Waals surface area contributed by atoms with Gasteiger partial charge in [-0.3, -0.25) is 10.2 Å². The van der Waals surface area contributed by atoms with Crippen molar-refractivity contribution in [3.05, 3.63) is 65.4 Å². The van der Waals surface area contributed by atoms with Crippen LogP contribution in [0.3, 0.4) is 0 Å². The number of H-pyrrole nitrogens is 1. The van der Waals surface area contributed by atoms with Gasteiger partial charge in [0.05, 0.1) is 19.1 Å². The smallest absolute Gasteiger partial charge is 0.311 e. The molecule has 166 valence electrons. The van der Waals surface area contributed by atoms with E-state index in [4.69, 9.17) is 20.6 Å². The fourth-order valence-electron chi connectivity index (χ4n) is 3.61. The molecule has 1 saturated heterocycles. The summed E-state index contributed by atoms with van der Waals surface area (Å²) in [6.45, 7) is 1.30. The van der Waals surface area contributed by atoms with Crippen LogP contribution in [0, 0.1) is 5.41 Å². The topological polar surface area (TPSA) is 121 Å². The molecule has 4 rings (SSSR count). The number of amidine groups is 1. The molecule has 0 saturated carbocycles. The molecule has 2 aromatic carbocycles. The fourth-order valence-corrected chi connectivity index (χ4v) is 3.61. The van der Waals surface area contributed by atoms with Crippen LogP contribution in [-0.2, 0) is 16.0 Å². The number of carbonyl (C=O) groups is 1. The van der Waals surface area contributed by atoms with Crippen LogP contribution in [0.2, 0.25) is 0 Å². The van der Waals surface area contributed by atoms with Gasteiger partial charge in [0.15, 0.2) is 0 Å². The molecule has 9 heteroatoms. The lowest BCUT2D eigenvalue weighted by molar-refractivity contribution is -0.138. The monoisotopic (exact) mass is 465 g/mol. The number of ether oxygens (including phenoxy) is 2. The number of nitrogens with two attached hydrogens (primary N) is 1. The molecule has 1 fully saturated rings. The van der Waals surface area contributed by atoms with Gasteiger partial charge >= 0.3 is 5.97 Å². The summed E-state index contributed by atoms with van der Waals surface area (Å²) >= 11 is 0. The minimum atomic E-state index is -0.883. The Labute approximate surface area is 192 Å². The molecule has 1 aliphatic rings. The molecule has 0 spiro atoms. The Hall–Kier alpha value is -2.74. The van der Waals surface area contributed by atoms with Crippen molar-refractivity contribution in [1.29, 1.82) is 5.41 Å². The SMILES string of the molecule is Cl.Cl.N=C(N)c1ccc2[nH]c(CC(C(=O)O)c3ccc(O[C@@H]4CCOC4)cc3)cc2c1. The number of aromatic amines is 1. The summed E-state index contributed by atoms with van der Waals surface area (Å²) in [6, 6.07) is 14.6. The predicted molar refractivity (Wildman–Crippen MR) is 124 cm³/mol. The third-order valence-corrected chi connectivity index (χ3v) is 5.18. The van der Waals surface area contributed by atoms with Crippen LogP contribution in [0.15, 0.2) is 48.5 Å². The number of rotatable bonds is 7. The van der Waals surface area contributed by atoms with Crippen LogP contribution in [0.4, 0.5) is 0 Å². The lowest BCUT2D eigenvalue weighted by atomic mass is 9.94. The zero-order chi connectivity index (χ0) is 20.4. The number of nitrogen functional groups attached to an aromatic ring is 1. The van der Waals surface area contributed by atoms with E-state index in [1.807, 2.05) is 30.3 Å². The Balaban J connectivity index is 0.00000171. The van der Waals surface area contributed by atoms with Gasteiger partial charge < -0.3 is 25.3 Å². The number of fused-ring (bicyclic) bond motifs is 1. The second-order valence-electron chi connectivity index (χ2n) is 7.28. The zero-order valence-corrected chi connectivity index (χ0v) is 18.3. The summed E-state index contributed by atoms with van der Waals surface area (Å²) in [5.41, 5.74) is 8.61. The molecule has 5 N–H and O–H groups in total. The number of halogens is 2. The van der Waals surface area contributed by atoms with Crippen molar-refractivity contribution in [2.75, 3.05) is 13.2 Å². The number of aliphatic carboxylic acids is 1. The van der Waals surface area contributed by atoms with Crippen LogP contribution >= 0.6 is 24.8 Å². The molecular weight excluding hydrogens is 441 g/mol. The maximum absolute atomic E-state index is 11.9. The summed E-state index contributed by atoms with van der Waals surface area (Å²) in [6.07, 6.45) is 1.25. The molecule has 0 aliphatic carbocycles. The third-order valence-electron chi connectivity index (χ3n) is 5.18. The van der Waals surface area contributed by atoms with Gasteiger partial charge in [-0.05, 0) is 42.0 Å². The first-order valence-corrected chi connectivity index (χ1v) is 9.53. The van der Waals surface area contributed by atoms with Gasteiger partial charge in [0.25, 0.3) is 0 Å². The van der Waals surface area contributed by atoms with Gasteiger partial charge in [-0.1, -0.05) is 12.1 Å². The predicted octanol–water partition coefficient (Wildman–Crippen LogP) is 3.87. The number of carboxylic acid groups (broad SMARTS) is 1. The van der Waals surface area contributed by atoms with Crippen molar-refractivity contribution in [1.82, 2.24) is 4.98 Å². The third kappa shape index (κ3) is 5.70. The van der Waals surface area contributed by atoms with Gasteiger partial charge in [-0.25, -0.2) is 0 Å². The molecular formula is C22H25Cl2N3O4. The van der Waals surface area contributed by atoms with E-state index in [0.717, 1.165) is 34.3 Å². The number of aromatic nitrogens is 1. The highest BCUT2D eigenvalue weighted by atomic mass is 35.5. The van der Waals surface area contributed by atoms with Gasteiger partial charge in [0.1, 0.15) is 17.7 Å². The Bertz CT molecular complexity index is 1050. The Kier molecular flexibility index (Phi) is 8.33. The number of hydrogen-bond donors (Lipinski definition) is 4. The zero-order valence-electron chi connectivity index (χ0n) is 16.7. The highest BCUT2D eigenvalue weighted by Crippen LogP contribution is 2.26. The van der Waals surface area contributed by atoms with Crippen LogP contribution in [-0.4, -0.2) is 41.2 Å². The second kappa shape index (κ2) is 10.5. The average Bonchev–Trinajstić information content (AvgIpc) is 3.35. The first-order chi connectivity index (χ1) is 14.0. The number of benzene rings is 2. The molecule has 3 aromatic rings. The Morgan fingerprint density at radius 1 is 1.23 bits per heavy atom. The first-order valence-electron chi connectivity index (χ1n) is 9.53. The maximum atomic E-state index is 11.9. The first kappa shape index (κ1) is 24.5. The van der Waals surface area contributed by atoms with Gasteiger partial charge in [-0.2, -0.15) is 0 Å². The van der Waals surface area contributed by atoms with E-state index >= 15 is 0 Å². The Morgan fingerprint density at radius 3 is 2.58 bits per heavy atom. The van der Waals surface area contributed by atoms with E-state index in [0.29, 0.717) is 25.2 Å². The van der Waals surface area contributed by atoms with Crippen LogP contribution in [0.5, 0.6) is 5.75 Å². The van der Waals surface area contributed by atoms with Crippen molar-refractivity contribution in [2.24, 2.45) is 5.73 Å². The van der Waals surface area contributed by atoms with Crippen molar-refractivity contribution in [3.8, 4) is 5.75 Å². The average molecular weight is 466 g/mol. The summed E-state index contributed by atoms with van der Waals surface area (Å²) in [4.78, 5) is 15.2. The maximum Gasteiger partial charge on any atom is 0.311 e. The normalized spacial score (nSPS) is 16.2. The number of nitrogens with one attached hydrogen (secondary N) is 2. The number of hydrogen-bond acceptors (Lipinski definition) is 4. The largest absolute Gasteiger partial charge is 0.488 e. The quantitative estimate of drug-likeness (QED) is 0.311. The van der Waals surface area contributed by atoms with Gasteiger partial charge in [-0.15, -0.1) is 24.8 Å². The summed E-state index contributed by atoms with van der Waals surface area (Å²) in [5, 5.41) is 18.2. The minimum absolute atomic E-state index is 0. The van der Waals surface area contributed by atoms with Crippen LogP contribution in [0.25, 0.3) is 10.9 Å². The van der Waals surface area contributed by atoms with Crippen molar-refractivity contribution in [3.63, 3.8) is 0 Å². The standard InChI is InChI=1S/C22H23N3O4.2ClH/c23-21(24)14-3-6-20-15(9-14)10-16(25-20)11-19(22(26)27)13-1-4-17(5-2-13)29-18-7-8-28-12-18;;/h1-6,9-10,18-19,25H,7-8,11-12H2,(H3,23,24)(H,26,27);2*1H/t18-,19?;;/m1../s1.